The molecule has 0 aliphatic rings. The number of alkyl halides is 1. The highest BCUT2D eigenvalue weighted by molar-refractivity contribution is 6.18. The molecule has 8 nitrogen and oxygen atoms in total. The van der Waals surface area contributed by atoms with E-state index < -0.39 is 6.03 Å². The Morgan fingerprint density at radius 1 is 1.69 bits per heavy atom. The van der Waals surface area contributed by atoms with Crippen molar-refractivity contribution in [1.29, 1.82) is 0 Å². The molecule has 0 atom stereocenters. The number of halogens is 1. The van der Waals surface area contributed by atoms with E-state index >= 15 is 0 Å². The fraction of sp³-hybridized carbons (Fsp3) is 0.500. The van der Waals surface area contributed by atoms with Gasteiger partial charge in [-0.1, -0.05) is 5.10 Å². The number of hydrogen-bond acceptors (Lipinski definition) is 5. The van der Waals surface area contributed by atoms with Gasteiger partial charge in [0, 0.05) is 12.4 Å². The fourth-order valence-corrected chi connectivity index (χ4v) is 0.665. The molecule has 1 aromatic rings. The zero-order chi connectivity index (χ0) is 9.68. The van der Waals surface area contributed by atoms with Gasteiger partial charge >= 0.3 is 6.03 Å². The van der Waals surface area contributed by atoms with Gasteiger partial charge in [-0.25, -0.2) is 10.2 Å². The Balaban J connectivity index is 2.41. The van der Waals surface area contributed by atoms with Crippen LogP contribution in [0.2, 0.25) is 0 Å². The summed E-state index contributed by atoms with van der Waals surface area (Å²) in [6.45, 7) is 0.357. The third-order valence-corrected chi connectivity index (χ3v) is 1.27. The van der Waals surface area contributed by atoms with E-state index in [0.29, 0.717) is 12.4 Å². The Morgan fingerprint density at radius 2 is 2.46 bits per heavy atom. The number of rotatable bonds is 3. The summed E-state index contributed by atoms with van der Waals surface area (Å²) in [5, 5.41) is 12.4. The Labute approximate surface area is 78.4 Å². The maximum absolute atomic E-state index is 11.0. The van der Waals surface area contributed by atoms with Crippen molar-refractivity contribution in [2.45, 2.75) is 0 Å². The summed E-state index contributed by atoms with van der Waals surface area (Å²) in [5.41, 5.74) is 7.55. The number of carbonyl (C=O) groups is 1. The van der Waals surface area contributed by atoms with E-state index in [1.807, 2.05) is 0 Å². The van der Waals surface area contributed by atoms with Crippen molar-refractivity contribution >= 4 is 23.6 Å². The normalized spacial score (nSPS) is 9.62. The third-order valence-electron chi connectivity index (χ3n) is 1.08. The molecule has 0 fully saturated rings. The van der Waals surface area contributed by atoms with Gasteiger partial charge in [-0.05, 0) is 10.4 Å². The Kier molecular flexibility index (Phi) is 3.26. The lowest BCUT2D eigenvalue weighted by Gasteiger charge is -2.04. The average Bonchev–Trinajstić information content (AvgIpc) is 2.48. The molecule has 0 aliphatic carbocycles. The molecule has 1 rings (SSSR count). The number of anilines is 1. The topological polar surface area (TPSA) is 111 Å². The van der Waals surface area contributed by atoms with Crippen molar-refractivity contribution in [3.8, 4) is 0 Å². The van der Waals surface area contributed by atoms with Gasteiger partial charge in [0.1, 0.15) is 0 Å². The lowest BCUT2D eigenvalue weighted by Crippen LogP contribution is -2.36. The number of nitrogens with two attached hydrogens (primary N) is 1. The molecule has 1 heterocycles. The molecule has 2 amide bonds. The van der Waals surface area contributed by atoms with Gasteiger partial charge in [0.05, 0.1) is 0 Å². The van der Waals surface area contributed by atoms with E-state index in [1.54, 1.807) is 0 Å². The zero-order valence-corrected chi connectivity index (χ0v) is 7.32. The first-order chi connectivity index (χ1) is 6.24. The molecule has 0 spiro atoms. The van der Waals surface area contributed by atoms with Gasteiger partial charge in [-0.3, -0.25) is 0 Å². The predicted octanol–water partition coefficient (Wildman–Crippen LogP) is -1.25. The fourth-order valence-electron chi connectivity index (χ4n) is 0.570. The molecule has 0 aliphatic heterocycles. The van der Waals surface area contributed by atoms with E-state index in [0.717, 1.165) is 4.79 Å². The first-order valence-corrected chi connectivity index (χ1v) is 3.92. The quantitative estimate of drug-likeness (QED) is 0.534. The van der Waals surface area contributed by atoms with Crippen LogP contribution < -0.4 is 16.5 Å². The van der Waals surface area contributed by atoms with Crippen LogP contribution in [-0.2, 0) is 0 Å². The first-order valence-electron chi connectivity index (χ1n) is 3.38. The first kappa shape index (κ1) is 9.52. The second-order valence-electron chi connectivity index (χ2n) is 2.01. The molecular weight excluding hydrogens is 198 g/mol. The minimum atomic E-state index is -0.473. The second-order valence-corrected chi connectivity index (χ2v) is 2.38. The number of tetrazole rings is 1. The average molecular weight is 206 g/mol. The summed E-state index contributed by atoms with van der Waals surface area (Å²) in [7, 11) is 0. The molecule has 72 valence electrons. The molecule has 0 unspecified atom stereocenters. The minimum Gasteiger partial charge on any atom is -0.365 e. The molecule has 1 aromatic heterocycles. The number of nitrogen functional groups attached to an aromatic ring is 1. The molecule has 13 heavy (non-hydrogen) atoms. The van der Waals surface area contributed by atoms with Crippen molar-refractivity contribution in [3.63, 3.8) is 0 Å². The minimum absolute atomic E-state index is 0.000948. The monoisotopic (exact) mass is 205 g/mol. The predicted molar refractivity (Wildman–Crippen MR) is 45.7 cm³/mol. The number of nitrogens with zero attached hydrogens (tertiary/aromatic N) is 4. The van der Waals surface area contributed by atoms with Crippen LogP contribution >= 0.6 is 11.6 Å². The van der Waals surface area contributed by atoms with E-state index in [4.69, 9.17) is 17.3 Å². The molecule has 0 aromatic carbocycles. The van der Waals surface area contributed by atoms with Gasteiger partial charge in [-0.2, -0.15) is 0 Å². The summed E-state index contributed by atoms with van der Waals surface area (Å²) in [6, 6.07) is -0.473. The zero-order valence-electron chi connectivity index (χ0n) is 6.57. The summed E-state index contributed by atoms with van der Waals surface area (Å²) in [6.07, 6.45) is 0. The number of aromatic nitrogens is 4. The second kappa shape index (κ2) is 4.45. The molecule has 4 N–H and O–H groups in total. The smallest absolute Gasteiger partial charge is 0.335 e. The van der Waals surface area contributed by atoms with E-state index in [1.165, 1.54) is 0 Å². The number of amides is 2. The van der Waals surface area contributed by atoms with Gasteiger partial charge in [0.25, 0.3) is 5.95 Å². The van der Waals surface area contributed by atoms with Crippen molar-refractivity contribution in [3.05, 3.63) is 0 Å². The number of urea groups is 1. The summed E-state index contributed by atoms with van der Waals surface area (Å²) < 4.78 is 0. The molecule has 0 saturated carbocycles. The SMILES string of the molecule is Nc1nnnn1NC(=O)NCCCl. The lowest BCUT2D eigenvalue weighted by molar-refractivity contribution is 0.249. The van der Waals surface area contributed by atoms with Crippen LogP contribution in [-0.4, -0.2) is 38.8 Å². The van der Waals surface area contributed by atoms with Gasteiger partial charge in [-0.15, -0.1) is 16.4 Å². The van der Waals surface area contributed by atoms with Crippen molar-refractivity contribution < 1.29 is 4.79 Å². The highest BCUT2D eigenvalue weighted by Crippen LogP contribution is 1.85. The van der Waals surface area contributed by atoms with Crippen LogP contribution in [0.25, 0.3) is 0 Å². The van der Waals surface area contributed by atoms with Gasteiger partial charge in [0.15, 0.2) is 0 Å². The van der Waals surface area contributed by atoms with Crippen LogP contribution in [0, 0.1) is 0 Å². The van der Waals surface area contributed by atoms with E-state index in [9.17, 15) is 4.79 Å². The van der Waals surface area contributed by atoms with Gasteiger partial charge < -0.3 is 11.1 Å². The van der Waals surface area contributed by atoms with Crippen LogP contribution in [0.15, 0.2) is 0 Å². The maximum Gasteiger partial charge on any atom is 0.335 e. The van der Waals surface area contributed by atoms with Crippen LogP contribution in [0.4, 0.5) is 10.7 Å². The molecule has 0 bridgehead atoms. The Hall–Kier alpha value is -1.57. The summed E-state index contributed by atoms with van der Waals surface area (Å²) in [5.74, 6) is 0.333. The third kappa shape index (κ3) is 2.75. The highest BCUT2D eigenvalue weighted by atomic mass is 35.5. The van der Waals surface area contributed by atoms with Crippen LogP contribution in [0.3, 0.4) is 0 Å². The van der Waals surface area contributed by atoms with Gasteiger partial charge in [0.2, 0.25) is 0 Å². The number of nitrogens with one attached hydrogen (secondary N) is 2. The lowest BCUT2D eigenvalue weighted by atomic mass is 10.7. The standard InChI is InChI=1S/C4H8ClN7O/c5-1-2-7-4(13)9-12-3(6)8-10-11-12/h1-2H2,(H2,6,8,11)(H2,7,9,13). The maximum atomic E-state index is 11.0. The van der Waals surface area contributed by atoms with Crippen molar-refractivity contribution in [1.82, 2.24) is 25.6 Å². The van der Waals surface area contributed by atoms with Crippen molar-refractivity contribution in [2.75, 3.05) is 23.6 Å². The summed E-state index contributed by atoms with van der Waals surface area (Å²) in [4.78, 5) is 11.9. The van der Waals surface area contributed by atoms with Crippen LogP contribution in [0.5, 0.6) is 0 Å². The molecule has 0 radical (unpaired) electrons. The molecule has 9 heteroatoms. The van der Waals surface area contributed by atoms with E-state index in [-0.39, 0.29) is 5.95 Å². The largest absolute Gasteiger partial charge is 0.365 e. The Morgan fingerprint density at radius 3 is 3.00 bits per heavy atom. The highest BCUT2D eigenvalue weighted by Gasteiger charge is 2.04. The Bertz CT molecular complexity index is 286. The number of carbonyl (C=O) groups excluding carboxylic acids is 1. The molecular formula is C4H8ClN7O. The van der Waals surface area contributed by atoms with E-state index in [2.05, 4.69) is 26.3 Å². The number of hydrogen-bond donors (Lipinski definition) is 3. The van der Waals surface area contributed by atoms with Crippen molar-refractivity contribution in [2.24, 2.45) is 0 Å². The molecule has 0 saturated heterocycles. The van der Waals surface area contributed by atoms with Crippen LogP contribution in [0.1, 0.15) is 0 Å². The summed E-state index contributed by atoms with van der Waals surface area (Å²) >= 11 is 5.34.